The zero-order chi connectivity index (χ0) is 15.9. The molecule has 1 aliphatic rings. The van der Waals surface area contributed by atoms with Crippen molar-refractivity contribution in [1.82, 2.24) is 9.78 Å². The average Bonchev–Trinajstić information content (AvgIpc) is 3.11. The number of nitrogens with one attached hydrogen (secondary N) is 1. The molecule has 3 N–H and O–H groups in total. The molecule has 0 aliphatic heterocycles. The predicted molar refractivity (Wildman–Crippen MR) is 85.5 cm³/mol. The molecular formula is C15H18N4O2S. The number of hydrogen-bond acceptors (Lipinski definition) is 4. The molecule has 0 radical (unpaired) electrons. The molecule has 2 amide bonds. The molecule has 3 rings (SSSR count). The molecule has 7 heteroatoms. The van der Waals surface area contributed by atoms with Crippen molar-refractivity contribution in [3.05, 3.63) is 33.5 Å². The van der Waals surface area contributed by atoms with E-state index in [-0.39, 0.29) is 5.91 Å². The minimum Gasteiger partial charge on any atom is -0.365 e. The van der Waals surface area contributed by atoms with Gasteiger partial charge >= 0.3 is 0 Å². The number of thiophene rings is 1. The van der Waals surface area contributed by atoms with Gasteiger partial charge < -0.3 is 11.1 Å². The van der Waals surface area contributed by atoms with Crippen molar-refractivity contribution in [2.24, 2.45) is 5.73 Å². The maximum absolute atomic E-state index is 12.5. The van der Waals surface area contributed by atoms with Crippen molar-refractivity contribution in [2.75, 3.05) is 5.32 Å². The maximum atomic E-state index is 12.5. The van der Waals surface area contributed by atoms with Crippen LogP contribution in [0.1, 0.15) is 50.2 Å². The van der Waals surface area contributed by atoms with Gasteiger partial charge in [0.05, 0.1) is 17.3 Å². The van der Waals surface area contributed by atoms with Gasteiger partial charge in [-0.05, 0) is 38.7 Å². The van der Waals surface area contributed by atoms with Gasteiger partial charge in [0.25, 0.3) is 11.8 Å². The fourth-order valence-corrected chi connectivity index (χ4v) is 4.20. The molecule has 0 aromatic carbocycles. The van der Waals surface area contributed by atoms with Gasteiger partial charge in [-0.15, -0.1) is 11.3 Å². The Labute approximate surface area is 132 Å². The number of aryl methyl sites for hydroxylation is 2. The lowest BCUT2D eigenvalue weighted by Crippen LogP contribution is -2.18. The zero-order valence-electron chi connectivity index (χ0n) is 12.6. The normalized spacial score (nSPS) is 13.2. The van der Waals surface area contributed by atoms with Crippen molar-refractivity contribution in [3.63, 3.8) is 0 Å². The number of nitrogens with two attached hydrogens (primary N) is 1. The van der Waals surface area contributed by atoms with Gasteiger partial charge in [0.1, 0.15) is 5.00 Å². The number of fused-ring (bicyclic) bond motifs is 1. The van der Waals surface area contributed by atoms with Crippen molar-refractivity contribution in [2.45, 2.75) is 39.7 Å². The van der Waals surface area contributed by atoms with Crippen LogP contribution in [-0.4, -0.2) is 21.6 Å². The van der Waals surface area contributed by atoms with Gasteiger partial charge in [0, 0.05) is 17.1 Å². The molecule has 0 unspecified atom stereocenters. The molecule has 2 aromatic rings. The van der Waals surface area contributed by atoms with E-state index in [0.717, 1.165) is 35.4 Å². The van der Waals surface area contributed by atoms with Crippen LogP contribution in [0.3, 0.4) is 0 Å². The van der Waals surface area contributed by atoms with Crippen LogP contribution in [0.2, 0.25) is 0 Å². The van der Waals surface area contributed by atoms with E-state index >= 15 is 0 Å². The molecule has 0 bridgehead atoms. The summed E-state index contributed by atoms with van der Waals surface area (Å²) in [5.41, 5.74) is 8.32. The predicted octanol–water partition coefficient (Wildman–Crippen LogP) is 2.11. The zero-order valence-corrected chi connectivity index (χ0v) is 13.4. The molecular weight excluding hydrogens is 300 g/mol. The second kappa shape index (κ2) is 5.57. The molecule has 2 heterocycles. The van der Waals surface area contributed by atoms with E-state index < -0.39 is 5.91 Å². The Morgan fingerprint density at radius 1 is 1.45 bits per heavy atom. The van der Waals surface area contributed by atoms with Gasteiger partial charge in [-0.3, -0.25) is 14.3 Å². The summed E-state index contributed by atoms with van der Waals surface area (Å²) in [6, 6.07) is 0. The molecule has 116 valence electrons. The van der Waals surface area contributed by atoms with Gasteiger partial charge in [-0.2, -0.15) is 5.10 Å². The average molecular weight is 318 g/mol. The molecule has 0 spiro atoms. The first-order chi connectivity index (χ1) is 10.5. The molecule has 0 saturated heterocycles. The quantitative estimate of drug-likeness (QED) is 0.904. The highest BCUT2D eigenvalue weighted by molar-refractivity contribution is 7.17. The summed E-state index contributed by atoms with van der Waals surface area (Å²) in [6.45, 7) is 4.53. The highest BCUT2D eigenvalue weighted by Gasteiger charge is 2.26. The third-order valence-electron chi connectivity index (χ3n) is 4.04. The highest BCUT2D eigenvalue weighted by atomic mass is 32.1. The Balaban J connectivity index is 1.91. The first-order valence-corrected chi connectivity index (χ1v) is 8.12. The summed E-state index contributed by atoms with van der Waals surface area (Å²) in [7, 11) is 0. The Morgan fingerprint density at radius 3 is 2.86 bits per heavy atom. The van der Waals surface area contributed by atoms with E-state index in [1.807, 2.05) is 13.8 Å². The molecule has 0 atom stereocenters. The van der Waals surface area contributed by atoms with Crippen molar-refractivity contribution >= 4 is 28.2 Å². The molecule has 2 aromatic heterocycles. The van der Waals surface area contributed by atoms with Gasteiger partial charge in [-0.25, -0.2) is 0 Å². The van der Waals surface area contributed by atoms with Gasteiger partial charge in [0.15, 0.2) is 0 Å². The van der Waals surface area contributed by atoms with Crippen LogP contribution in [0.25, 0.3) is 0 Å². The second-order valence-corrected chi connectivity index (χ2v) is 6.44. The minimum absolute atomic E-state index is 0.250. The summed E-state index contributed by atoms with van der Waals surface area (Å²) in [5, 5.41) is 7.57. The van der Waals surface area contributed by atoms with Crippen LogP contribution < -0.4 is 11.1 Å². The number of primary amides is 1. The summed E-state index contributed by atoms with van der Waals surface area (Å²) >= 11 is 1.46. The van der Waals surface area contributed by atoms with Crippen LogP contribution in [0.5, 0.6) is 0 Å². The fourth-order valence-electron chi connectivity index (χ4n) is 2.91. The Morgan fingerprint density at radius 2 is 2.23 bits per heavy atom. The van der Waals surface area contributed by atoms with Gasteiger partial charge in [0.2, 0.25) is 0 Å². The lowest BCUT2D eigenvalue weighted by molar-refractivity contribution is 0.100. The number of nitrogens with zero attached hydrogens (tertiary/aromatic N) is 2. The number of carbonyl (C=O) groups excluding carboxylic acids is 2. The number of amides is 2. The van der Waals surface area contributed by atoms with Crippen LogP contribution in [-0.2, 0) is 19.4 Å². The van der Waals surface area contributed by atoms with Crippen LogP contribution >= 0.6 is 11.3 Å². The Bertz CT molecular complexity index is 760. The van der Waals surface area contributed by atoms with E-state index in [1.165, 1.54) is 11.3 Å². The Hall–Kier alpha value is -2.15. The lowest BCUT2D eigenvalue weighted by atomic mass is 10.1. The van der Waals surface area contributed by atoms with Crippen LogP contribution in [0.4, 0.5) is 5.00 Å². The third kappa shape index (κ3) is 2.31. The number of anilines is 1. The number of aromatic nitrogens is 2. The van der Waals surface area contributed by atoms with E-state index in [2.05, 4.69) is 10.4 Å². The summed E-state index contributed by atoms with van der Waals surface area (Å²) in [4.78, 5) is 25.4. The highest BCUT2D eigenvalue weighted by Crippen LogP contribution is 2.39. The smallest absolute Gasteiger partial charge is 0.259 e. The number of hydrogen-bond donors (Lipinski definition) is 2. The molecule has 0 fully saturated rings. The fraction of sp³-hybridized carbons (Fsp3) is 0.400. The largest absolute Gasteiger partial charge is 0.365 e. The standard InChI is InChI=1S/C15H18N4O2S/c1-3-19-8(2)10(7-17-19)14(21)18-15-12(13(16)20)9-5-4-6-11(9)22-15/h7H,3-6H2,1-2H3,(H2,16,20)(H,18,21). The first-order valence-electron chi connectivity index (χ1n) is 7.31. The van der Waals surface area contributed by atoms with Crippen LogP contribution in [0, 0.1) is 6.92 Å². The van der Waals surface area contributed by atoms with E-state index in [9.17, 15) is 9.59 Å². The summed E-state index contributed by atoms with van der Waals surface area (Å²) in [5.74, 6) is -0.727. The number of carbonyl (C=O) groups is 2. The SMILES string of the molecule is CCn1ncc(C(=O)Nc2sc3c(c2C(N)=O)CCC3)c1C. The topological polar surface area (TPSA) is 90.0 Å². The molecule has 1 aliphatic carbocycles. The summed E-state index contributed by atoms with van der Waals surface area (Å²) < 4.78 is 1.76. The second-order valence-electron chi connectivity index (χ2n) is 5.34. The minimum atomic E-state index is -0.476. The van der Waals surface area contributed by atoms with E-state index in [4.69, 9.17) is 5.73 Å². The monoisotopic (exact) mass is 318 g/mol. The summed E-state index contributed by atoms with van der Waals surface area (Å²) in [6.07, 6.45) is 4.40. The number of rotatable bonds is 4. The van der Waals surface area contributed by atoms with Crippen molar-refractivity contribution in [1.29, 1.82) is 0 Å². The Kier molecular flexibility index (Phi) is 3.74. The first kappa shape index (κ1) is 14.8. The van der Waals surface area contributed by atoms with Crippen molar-refractivity contribution < 1.29 is 9.59 Å². The molecule has 6 nitrogen and oxygen atoms in total. The van der Waals surface area contributed by atoms with E-state index in [0.29, 0.717) is 22.7 Å². The molecule has 22 heavy (non-hydrogen) atoms. The van der Waals surface area contributed by atoms with Gasteiger partial charge in [-0.1, -0.05) is 0 Å². The maximum Gasteiger partial charge on any atom is 0.259 e. The van der Waals surface area contributed by atoms with E-state index in [1.54, 1.807) is 10.9 Å². The van der Waals surface area contributed by atoms with Crippen molar-refractivity contribution in [3.8, 4) is 0 Å². The van der Waals surface area contributed by atoms with Crippen LogP contribution in [0.15, 0.2) is 6.20 Å². The third-order valence-corrected chi connectivity index (χ3v) is 5.25. The molecule has 0 saturated carbocycles. The lowest BCUT2D eigenvalue weighted by Gasteiger charge is -2.06.